The molecule has 150 valence electrons. The number of halogens is 7. The molecule has 0 saturated carbocycles. The summed E-state index contributed by atoms with van der Waals surface area (Å²) in [5.41, 5.74) is 0. The van der Waals surface area contributed by atoms with Crippen molar-refractivity contribution in [2.75, 3.05) is 11.5 Å². The Morgan fingerprint density at radius 2 is 1.44 bits per heavy atom. The molecule has 2 nitrogen and oxygen atoms in total. The second kappa shape index (κ2) is 13.5. The van der Waals surface area contributed by atoms with E-state index in [4.69, 9.17) is 11.6 Å². The molecule has 2 heterocycles. The minimum Gasteiger partial charge on any atom is -0.238 e. The SMILES string of the molecule is FC(F)=C(F)CCSc1ncc(Cl)s1.FC(F)=C(F)CCSc1nccs1. The predicted octanol–water partition coefficient (Wildman–Crippen LogP) is 8.06. The van der Waals surface area contributed by atoms with Crippen molar-refractivity contribution in [1.29, 1.82) is 0 Å². The van der Waals surface area contributed by atoms with E-state index < -0.39 is 23.8 Å². The fourth-order valence-electron chi connectivity index (χ4n) is 1.23. The summed E-state index contributed by atoms with van der Waals surface area (Å²) in [4.78, 5) is 7.79. The molecule has 13 heteroatoms. The van der Waals surface area contributed by atoms with Gasteiger partial charge in [0.2, 0.25) is 0 Å². The number of hydrogen-bond donors (Lipinski definition) is 0. The van der Waals surface area contributed by atoms with Crippen molar-refractivity contribution in [3.8, 4) is 0 Å². The van der Waals surface area contributed by atoms with Gasteiger partial charge in [0.1, 0.15) is 8.68 Å². The number of hydrogen-bond acceptors (Lipinski definition) is 6. The van der Waals surface area contributed by atoms with Gasteiger partial charge in [-0.15, -0.1) is 11.3 Å². The Morgan fingerprint density at radius 1 is 0.889 bits per heavy atom. The molecular formula is C14H11ClF6N2S4. The highest BCUT2D eigenvalue weighted by Gasteiger charge is 2.07. The molecule has 0 bridgehead atoms. The average Bonchev–Trinajstić information content (AvgIpc) is 3.27. The van der Waals surface area contributed by atoms with Crippen LogP contribution < -0.4 is 0 Å². The second-order valence-corrected chi connectivity index (χ2v) is 9.50. The van der Waals surface area contributed by atoms with Crippen molar-refractivity contribution in [3.05, 3.63) is 45.9 Å². The highest BCUT2D eigenvalue weighted by atomic mass is 35.5. The topological polar surface area (TPSA) is 25.8 Å². The summed E-state index contributed by atoms with van der Waals surface area (Å²) in [5.74, 6) is -2.17. The van der Waals surface area contributed by atoms with Crippen LogP contribution in [0.25, 0.3) is 0 Å². The van der Waals surface area contributed by atoms with Gasteiger partial charge in [0.25, 0.3) is 0 Å². The lowest BCUT2D eigenvalue weighted by Crippen LogP contribution is -1.81. The van der Waals surface area contributed by atoms with Crippen molar-refractivity contribution in [2.45, 2.75) is 21.5 Å². The minimum atomic E-state index is -2.25. The zero-order valence-electron chi connectivity index (χ0n) is 13.2. The first kappa shape index (κ1) is 24.3. The molecule has 0 spiro atoms. The largest absolute Gasteiger partial charge is 0.301 e. The first-order valence-electron chi connectivity index (χ1n) is 6.95. The van der Waals surface area contributed by atoms with Crippen LogP contribution in [-0.2, 0) is 0 Å². The van der Waals surface area contributed by atoms with E-state index in [0.717, 1.165) is 4.34 Å². The highest BCUT2D eigenvalue weighted by molar-refractivity contribution is 8.01. The van der Waals surface area contributed by atoms with Crippen LogP contribution in [0, 0.1) is 0 Å². The van der Waals surface area contributed by atoms with Gasteiger partial charge in [0.05, 0.1) is 6.20 Å². The first-order valence-corrected chi connectivity index (χ1v) is 11.0. The molecule has 2 aromatic heterocycles. The first-order chi connectivity index (χ1) is 12.8. The normalized spacial score (nSPS) is 10.2. The summed E-state index contributed by atoms with van der Waals surface area (Å²) in [7, 11) is 0. The van der Waals surface area contributed by atoms with Crippen LogP contribution in [0.2, 0.25) is 4.34 Å². The molecule has 0 aromatic carbocycles. The van der Waals surface area contributed by atoms with E-state index in [1.54, 1.807) is 11.6 Å². The van der Waals surface area contributed by atoms with Crippen molar-refractivity contribution >= 4 is 57.8 Å². The van der Waals surface area contributed by atoms with E-state index in [1.165, 1.54) is 52.4 Å². The Bertz CT molecular complexity index is 743. The standard InChI is InChI=1S/C7H5ClF3NS2.C7H6F3NS2/c8-5-3-12-7(14-5)13-2-1-4(9)6(10)11;8-5(6(9)10)1-3-12-7-11-2-4-13-7/h3H,1-2H2;2,4H,1,3H2. The monoisotopic (exact) mass is 484 g/mol. The number of thiazole rings is 2. The fraction of sp³-hybridized carbons (Fsp3) is 0.286. The van der Waals surface area contributed by atoms with Gasteiger partial charge in [-0.2, -0.15) is 17.6 Å². The Hall–Kier alpha value is -0.690. The number of allylic oxidation sites excluding steroid dienone is 2. The average molecular weight is 485 g/mol. The molecule has 2 rings (SSSR count). The van der Waals surface area contributed by atoms with E-state index in [9.17, 15) is 26.3 Å². The predicted molar refractivity (Wildman–Crippen MR) is 101 cm³/mol. The van der Waals surface area contributed by atoms with Crippen molar-refractivity contribution in [3.63, 3.8) is 0 Å². The second-order valence-electron chi connectivity index (χ2n) is 4.26. The van der Waals surface area contributed by atoms with E-state index in [0.29, 0.717) is 8.68 Å². The molecule has 0 radical (unpaired) electrons. The zero-order chi connectivity index (χ0) is 20.2. The van der Waals surface area contributed by atoms with Crippen LogP contribution in [0.4, 0.5) is 26.3 Å². The van der Waals surface area contributed by atoms with Crippen LogP contribution in [0.5, 0.6) is 0 Å². The fourth-order valence-corrected chi connectivity index (χ4v) is 4.99. The van der Waals surface area contributed by atoms with Crippen LogP contribution in [0.1, 0.15) is 12.8 Å². The minimum absolute atomic E-state index is 0.229. The maximum atomic E-state index is 12.3. The van der Waals surface area contributed by atoms with E-state index in [2.05, 4.69) is 9.97 Å². The van der Waals surface area contributed by atoms with E-state index in [1.807, 2.05) is 0 Å². The van der Waals surface area contributed by atoms with Gasteiger partial charge in [0.15, 0.2) is 16.0 Å². The maximum Gasteiger partial charge on any atom is 0.301 e. The number of nitrogens with zero attached hydrogens (tertiary/aromatic N) is 2. The molecule has 0 aliphatic carbocycles. The lowest BCUT2D eigenvalue weighted by atomic mass is 10.4. The summed E-state index contributed by atoms with van der Waals surface area (Å²) >= 11 is 10.7. The van der Waals surface area contributed by atoms with E-state index >= 15 is 0 Å². The van der Waals surface area contributed by atoms with Crippen LogP contribution in [0.3, 0.4) is 0 Å². The summed E-state index contributed by atoms with van der Waals surface area (Å²) < 4.78 is 72.9. The molecule has 0 saturated heterocycles. The van der Waals surface area contributed by atoms with Gasteiger partial charge < -0.3 is 0 Å². The molecule has 27 heavy (non-hydrogen) atoms. The Morgan fingerprint density at radius 3 is 1.85 bits per heavy atom. The van der Waals surface area contributed by atoms with Crippen molar-refractivity contribution < 1.29 is 26.3 Å². The molecule has 0 amide bonds. The van der Waals surface area contributed by atoms with E-state index in [-0.39, 0.29) is 24.3 Å². The Kier molecular flexibility index (Phi) is 12.2. The van der Waals surface area contributed by atoms with Crippen LogP contribution >= 0.6 is 57.8 Å². The summed E-state index contributed by atoms with van der Waals surface area (Å²) in [6, 6.07) is 0. The van der Waals surface area contributed by atoms with Gasteiger partial charge in [0, 0.05) is 35.9 Å². The molecular weight excluding hydrogens is 474 g/mol. The van der Waals surface area contributed by atoms with Gasteiger partial charge in [-0.25, -0.2) is 18.7 Å². The zero-order valence-corrected chi connectivity index (χ0v) is 17.3. The summed E-state index contributed by atoms with van der Waals surface area (Å²) in [6.45, 7) is 0. The Labute approximate surface area is 172 Å². The molecule has 0 aliphatic rings. The number of rotatable bonds is 8. The van der Waals surface area contributed by atoms with Crippen LogP contribution in [0.15, 0.2) is 50.3 Å². The molecule has 0 aliphatic heterocycles. The third kappa shape index (κ3) is 11.0. The van der Waals surface area contributed by atoms with Gasteiger partial charge >= 0.3 is 12.2 Å². The van der Waals surface area contributed by atoms with Crippen molar-refractivity contribution in [1.82, 2.24) is 9.97 Å². The molecule has 0 unspecified atom stereocenters. The molecule has 0 N–H and O–H groups in total. The lowest BCUT2D eigenvalue weighted by Gasteiger charge is -1.94. The number of aromatic nitrogens is 2. The quantitative estimate of drug-likeness (QED) is 0.279. The maximum absolute atomic E-state index is 12.3. The third-order valence-corrected chi connectivity index (χ3v) is 6.61. The Balaban J connectivity index is 0.000000271. The highest BCUT2D eigenvalue weighted by Crippen LogP contribution is 2.29. The number of thioether (sulfide) groups is 2. The summed E-state index contributed by atoms with van der Waals surface area (Å²) in [5, 5.41) is 1.78. The molecule has 0 atom stereocenters. The lowest BCUT2D eigenvalue weighted by molar-refractivity contribution is 0.373. The van der Waals surface area contributed by atoms with Gasteiger partial charge in [-0.05, 0) is 0 Å². The third-order valence-electron chi connectivity index (χ3n) is 2.37. The van der Waals surface area contributed by atoms with Gasteiger partial charge in [-0.3, -0.25) is 0 Å². The van der Waals surface area contributed by atoms with Gasteiger partial charge in [-0.1, -0.05) is 46.5 Å². The molecule has 2 aromatic rings. The van der Waals surface area contributed by atoms with Crippen LogP contribution in [-0.4, -0.2) is 21.5 Å². The molecule has 0 fully saturated rings. The summed E-state index contributed by atoms with van der Waals surface area (Å²) in [6.07, 6.45) is -1.91. The smallest absolute Gasteiger partial charge is 0.238 e. The van der Waals surface area contributed by atoms with Crippen molar-refractivity contribution in [2.24, 2.45) is 0 Å².